The lowest BCUT2D eigenvalue weighted by Crippen LogP contribution is -2.39. The minimum Gasteiger partial charge on any atom is -0.466 e. The molecule has 0 saturated carbocycles. The van der Waals surface area contributed by atoms with Gasteiger partial charge in [0.15, 0.2) is 0 Å². The number of carbonyl (C=O) groups excluding carboxylic acids is 2. The van der Waals surface area contributed by atoms with Gasteiger partial charge in [-0.05, 0) is 29.2 Å². The molecule has 0 aliphatic carbocycles. The lowest BCUT2D eigenvalue weighted by atomic mass is 9.78. The number of hydrogen-bond donors (Lipinski definition) is 0. The molecule has 0 spiro atoms. The van der Waals surface area contributed by atoms with E-state index < -0.39 is 11.4 Å². The van der Waals surface area contributed by atoms with Crippen LogP contribution in [0.25, 0.3) is 0 Å². The zero-order valence-electron chi connectivity index (χ0n) is 18.6. The van der Waals surface area contributed by atoms with Crippen LogP contribution in [0.4, 0.5) is 5.69 Å². The molecule has 4 rings (SSSR count). The predicted molar refractivity (Wildman–Crippen MR) is 128 cm³/mol. The van der Waals surface area contributed by atoms with Crippen LogP contribution < -0.4 is 4.90 Å². The Hall–Kier alpha value is -3.70. The van der Waals surface area contributed by atoms with E-state index in [-0.39, 0.29) is 5.91 Å². The molecule has 1 heterocycles. The standard InChI is InChI=1S/C28H27NO4/c1-32-26(30)16-17-28(18-19-33-21-23-12-6-3-7-13-23)24-14-8-9-15-25(24)29(27(28)31)20-22-10-4-2-5-11-22/h2-17H,18-21H2,1H3/b17-16+. The summed E-state index contributed by atoms with van der Waals surface area (Å²) in [7, 11) is 1.33. The van der Waals surface area contributed by atoms with Crippen LogP contribution in [0.1, 0.15) is 23.1 Å². The number of benzene rings is 3. The predicted octanol–water partition coefficient (Wildman–Crippen LogP) is 4.81. The smallest absolute Gasteiger partial charge is 0.330 e. The first-order valence-corrected chi connectivity index (χ1v) is 11.0. The average molecular weight is 442 g/mol. The molecule has 0 bridgehead atoms. The Morgan fingerprint density at radius 2 is 1.55 bits per heavy atom. The fourth-order valence-electron chi connectivity index (χ4n) is 4.24. The summed E-state index contributed by atoms with van der Waals surface area (Å²) >= 11 is 0. The van der Waals surface area contributed by atoms with E-state index in [9.17, 15) is 9.59 Å². The zero-order chi connectivity index (χ0) is 23.1. The number of methoxy groups -OCH3 is 1. The first-order valence-electron chi connectivity index (χ1n) is 11.0. The van der Waals surface area contributed by atoms with Gasteiger partial charge in [0.1, 0.15) is 0 Å². The Labute approximate surface area is 194 Å². The van der Waals surface area contributed by atoms with Gasteiger partial charge in [-0.15, -0.1) is 0 Å². The fourth-order valence-corrected chi connectivity index (χ4v) is 4.24. The Kier molecular flexibility index (Phi) is 7.01. The molecule has 5 heteroatoms. The maximum atomic E-state index is 13.9. The van der Waals surface area contributed by atoms with Crippen molar-refractivity contribution in [3.05, 3.63) is 114 Å². The van der Waals surface area contributed by atoms with Crippen LogP contribution in [-0.4, -0.2) is 25.6 Å². The van der Waals surface area contributed by atoms with Crippen molar-refractivity contribution < 1.29 is 19.1 Å². The van der Waals surface area contributed by atoms with Gasteiger partial charge in [-0.3, -0.25) is 4.79 Å². The Bertz CT molecular complexity index is 1130. The van der Waals surface area contributed by atoms with E-state index in [0.717, 1.165) is 22.4 Å². The SMILES string of the molecule is COC(=O)/C=C/C1(CCOCc2ccccc2)C(=O)N(Cc2ccccc2)c2ccccc21. The van der Waals surface area contributed by atoms with Crippen molar-refractivity contribution in [3.8, 4) is 0 Å². The lowest BCUT2D eigenvalue weighted by Gasteiger charge is -2.26. The molecule has 1 unspecified atom stereocenters. The monoisotopic (exact) mass is 441 g/mol. The van der Waals surface area contributed by atoms with Gasteiger partial charge in [0.25, 0.3) is 0 Å². The van der Waals surface area contributed by atoms with Crippen molar-refractivity contribution in [2.45, 2.75) is 25.0 Å². The second kappa shape index (κ2) is 10.3. The number of hydrogen-bond acceptors (Lipinski definition) is 4. The normalized spacial score (nSPS) is 17.4. The number of amides is 1. The molecule has 1 aliphatic heterocycles. The third kappa shape index (κ3) is 4.89. The molecular formula is C28H27NO4. The largest absolute Gasteiger partial charge is 0.466 e. The van der Waals surface area contributed by atoms with Gasteiger partial charge in [0.05, 0.1) is 25.7 Å². The van der Waals surface area contributed by atoms with Gasteiger partial charge >= 0.3 is 5.97 Å². The minimum absolute atomic E-state index is 0.0731. The number of anilines is 1. The first kappa shape index (κ1) is 22.5. The molecule has 1 amide bonds. The number of fused-ring (bicyclic) bond motifs is 1. The molecule has 1 aliphatic rings. The average Bonchev–Trinajstić information content (AvgIpc) is 3.09. The van der Waals surface area contributed by atoms with E-state index in [1.54, 1.807) is 11.0 Å². The fraction of sp³-hybridized carbons (Fsp3) is 0.214. The molecule has 0 radical (unpaired) electrons. The van der Waals surface area contributed by atoms with Crippen molar-refractivity contribution in [2.24, 2.45) is 0 Å². The van der Waals surface area contributed by atoms with E-state index in [0.29, 0.717) is 26.2 Å². The molecule has 3 aromatic carbocycles. The summed E-state index contributed by atoms with van der Waals surface area (Å²) in [4.78, 5) is 27.7. The van der Waals surface area contributed by atoms with E-state index in [2.05, 4.69) is 0 Å². The summed E-state index contributed by atoms with van der Waals surface area (Å²) in [5, 5.41) is 0. The minimum atomic E-state index is -1.00. The lowest BCUT2D eigenvalue weighted by molar-refractivity contribution is -0.134. The van der Waals surface area contributed by atoms with Gasteiger partial charge in [-0.2, -0.15) is 0 Å². The molecule has 33 heavy (non-hydrogen) atoms. The van der Waals surface area contributed by atoms with Gasteiger partial charge in [-0.1, -0.05) is 84.9 Å². The highest BCUT2D eigenvalue weighted by atomic mass is 16.5. The first-order chi connectivity index (χ1) is 16.1. The molecule has 0 aromatic heterocycles. The van der Waals surface area contributed by atoms with Gasteiger partial charge in [0, 0.05) is 18.4 Å². The maximum Gasteiger partial charge on any atom is 0.330 e. The summed E-state index contributed by atoms with van der Waals surface area (Å²) in [6.45, 7) is 1.27. The third-order valence-electron chi connectivity index (χ3n) is 5.94. The van der Waals surface area contributed by atoms with E-state index in [1.807, 2.05) is 84.9 Å². The van der Waals surface area contributed by atoms with Crippen LogP contribution >= 0.6 is 0 Å². The number of ether oxygens (including phenoxy) is 2. The van der Waals surface area contributed by atoms with Crippen LogP contribution in [0.2, 0.25) is 0 Å². The van der Waals surface area contributed by atoms with Crippen LogP contribution in [0.3, 0.4) is 0 Å². The summed E-state index contributed by atoms with van der Waals surface area (Å²) in [6.07, 6.45) is 3.43. The zero-order valence-corrected chi connectivity index (χ0v) is 18.6. The summed E-state index contributed by atoms with van der Waals surface area (Å²) in [5.41, 5.74) is 2.82. The topological polar surface area (TPSA) is 55.8 Å². The second-order valence-corrected chi connectivity index (χ2v) is 8.01. The van der Waals surface area contributed by atoms with Crippen molar-refractivity contribution in [3.63, 3.8) is 0 Å². The summed E-state index contributed by atoms with van der Waals surface area (Å²) < 4.78 is 10.7. The third-order valence-corrected chi connectivity index (χ3v) is 5.94. The Balaban J connectivity index is 1.63. The number of carbonyl (C=O) groups is 2. The molecule has 0 N–H and O–H groups in total. The number of para-hydroxylation sites is 1. The molecule has 0 saturated heterocycles. The van der Waals surface area contributed by atoms with Gasteiger partial charge < -0.3 is 14.4 Å². The molecule has 5 nitrogen and oxygen atoms in total. The highest BCUT2D eigenvalue weighted by Crippen LogP contribution is 2.45. The number of esters is 1. The van der Waals surface area contributed by atoms with Gasteiger partial charge in [0.2, 0.25) is 5.91 Å². The van der Waals surface area contributed by atoms with E-state index >= 15 is 0 Å². The van der Waals surface area contributed by atoms with Crippen LogP contribution in [-0.2, 0) is 37.6 Å². The van der Waals surface area contributed by atoms with Crippen molar-refractivity contribution >= 4 is 17.6 Å². The highest BCUT2D eigenvalue weighted by molar-refractivity contribution is 6.10. The van der Waals surface area contributed by atoms with Crippen molar-refractivity contribution in [2.75, 3.05) is 18.6 Å². The summed E-state index contributed by atoms with van der Waals surface area (Å²) in [6, 6.07) is 27.6. The maximum absolute atomic E-state index is 13.9. The van der Waals surface area contributed by atoms with E-state index in [4.69, 9.17) is 9.47 Å². The van der Waals surface area contributed by atoms with Crippen LogP contribution in [0.15, 0.2) is 97.1 Å². The highest BCUT2D eigenvalue weighted by Gasteiger charge is 2.48. The van der Waals surface area contributed by atoms with Crippen molar-refractivity contribution in [1.29, 1.82) is 0 Å². The Morgan fingerprint density at radius 1 is 0.909 bits per heavy atom. The molecule has 3 aromatic rings. The van der Waals surface area contributed by atoms with E-state index in [1.165, 1.54) is 13.2 Å². The molecule has 0 fully saturated rings. The van der Waals surface area contributed by atoms with Crippen molar-refractivity contribution in [1.82, 2.24) is 0 Å². The van der Waals surface area contributed by atoms with Crippen LogP contribution in [0.5, 0.6) is 0 Å². The quantitative estimate of drug-likeness (QED) is 0.272. The second-order valence-electron chi connectivity index (χ2n) is 8.01. The summed E-state index contributed by atoms with van der Waals surface area (Å²) in [5.74, 6) is -0.567. The Morgan fingerprint density at radius 3 is 2.24 bits per heavy atom. The number of nitrogens with zero attached hydrogens (tertiary/aromatic N) is 1. The molecular weight excluding hydrogens is 414 g/mol. The molecule has 168 valence electrons. The number of rotatable bonds is 9. The van der Waals surface area contributed by atoms with Gasteiger partial charge in [-0.25, -0.2) is 4.79 Å². The van der Waals surface area contributed by atoms with Crippen LogP contribution in [0, 0.1) is 0 Å². The molecule has 1 atom stereocenters.